The number of carbonyl (C=O) groups is 4. The molecule has 45 heavy (non-hydrogen) atoms. The number of benzene rings is 3. The van der Waals surface area contributed by atoms with Crippen molar-refractivity contribution in [3.05, 3.63) is 106 Å². The fraction of sp³-hybridized carbons (Fsp3) is 0.242. The molecule has 230 valence electrons. The van der Waals surface area contributed by atoms with Gasteiger partial charge in [-0.25, -0.2) is 14.6 Å². The molecule has 10 nitrogen and oxygen atoms in total. The van der Waals surface area contributed by atoms with Gasteiger partial charge in [0.1, 0.15) is 18.0 Å². The molecule has 1 aliphatic heterocycles. The van der Waals surface area contributed by atoms with Gasteiger partial charge in [0, 0.05) is 28.3 Å². The second kappa shape index (κ2) is 13.5. The largest absolute Gasteiger partial charge is 0.465 e. The van der Waals surface area contributed by atoms with Crippen LogP contribution in [0.3, 0.4) is 0 Å². The molecule has 1 saturated carbocycles. The van der Waals surface area contributed by atoms with Crippen LogP contribution in [0.2, 0.25) is 0 Å². The molecule has 0 spiro atoms. The van der Waals surface area contributed by atoms with Gasteiger partial charge in [-0.05, 0) is 48.2 Å². The highest BCUT2D eigenvalue weighted by Gasteiger charge is 2.43. The lowest BCUT2D eigenvalue weighted by atomic mass is 10.1. The normalized spacial score (nSPS) is 17.4. The van der Waals surface area contributed by atoms with E-state index in [4.69, 9.17) is 9.47 Å². The average molecular weight is 643 g/mol. The molecule has 1 unspecified atom stereocenters. The molecule has 2 heterocycles. The van der Waals surface area contributed by atoms with E-state index >= 15 is 0 Å². The standard InChI is InChI=1S/C33H30N4O6S2/c1-42-31(40)24-13-11-23(12-14-24)30-37(33(41)43-17-20-5-3-2-4-6-20)27(19-44-30)29(39)36-32-35-26(18-45-32)21-7-9-22(10-8-21)28(38)34-25-15-16-25/h2-14,18,25,27,30H,15-17,19H2,1H3,(H,34,38)(H,35,36,39)/t27-,30?/m0/s1. The van der Waals surface area contributed by atoms with Crippen LogP contribution in [0.4, 0.5) is 9.93 Å². The summed E-state index contributed by atoms with van der Waals surface area (Å²) in [7, 11) is 1.31. The number of aromatic nitrogens is 1. The van der Waals surface area contributed by atoms with E-state index in [1.165, 1.54) is 35.1 Å². The molecule has 1 aromatic heterocycles. The van der Waals surface area contributed by atoms with Crippen molar-refractivity contribution < 1.29 is 28.7 Å². The van der Waals surface area contributed by atoms with E-state index in [9.17, 15) is 19.2 Å². The Balaban J connectivity index is 1.16. The van der Waals surface area contributed by atoms with Crippen LogP contribution in [0.1, 0.15) is 50.1 Å². The number of anilines is 1. The van der Waals surface area contributed by atoms with Crippen LogP contribution in [0.15, 0.2) is 84.2 Å². The number of hydrogen-bond acceptors (Lipinski definition) is 9. The van der Waals surface area contributed by atoms with Crippen LogP contribution in [-0.4, -0.2) is 58.7 Å². The summed E-state index contributed by atoms with van der Waals surface area (Å²) in [5, 5.41) is 7.55. The van der Waals surface area contributed by atoms with Crippen molar-refractivity contribution in [2.24, 2.45) is 0 Å². The number of amides is 3. The Labute approximate surface area is 268 Å². The number of thioether (sulfide) groups is 1. The van der Waals surface area contributed by atoms with Crippen LogP contribution in [0.25, 0.3) is 11.3 Å². The highest BCUT2D eigenvalue weighted by atomic mass is 32.2. The van der Waals surface area contributed by atoms with Gasteiger partial charge in [0.25, 0.3) is 5.91 Å². The number of thiazole rings is 1. The lowest BCUT2D eigenvalue weighted by Gasteiger charge is -2.28. The predicted octanol–water partition coefficient (Wildman–Crippen LogP) is 5.88. The number of nitrogens with one attached hydrogen (secondary N) is 2. The molecule has 2 atom stereocenters. The molecule has 6 rings (SSSR count). The second-order valence-electron chi connectivity index (χ2n) is 10.6. The van der Waals surface area contributed by atoms with Gasteiger partial charge in [-0.2, -0.15) is 0 Å². The van der Waals surface area contributed by atoms with Gasteiger partial charge in [0.05, 0.1) is 18.4 Å². The molecule has 2 fully saturated rings. The smallest absolute Gasteiger partial charge is 0.412 e. The number of ether oxygens (including phenoxy) is 2. The summed E-state index contributed by atoms with van der Waals surface area (Å²) in [6, 6.07) is 22.7. The van der Waals surface area contributed by atoms with E-state index in [0.29, 0.717) is 27.7 Å². The van der Waals surface area contributed by atoms with Crippen LogP contribution in [0, 0.1) is 0 Å². The molecule has 0 bridgehead atoms. The molecule has 12 heteroatoms. The number of nitrogens with zero attached hydrogens (tertiary/aromatic N) is 2. The Hall–Kier alpha value is -4.68. The number of hydrogen-bond donors (Lipinski definition) is 2. The van der Waals surface area contributed by atoms with E-state index in [1.807, 2.05) is 47.8 Å². The first kappa shape index (κ1) is 30.4. The minimum absolute atomic E-state index is 0.0556. The fourth-order valence-corrected chi connectivity index (χ4v) is 6.97. The van der Waals surface area contributed by atoms with Gasteiger partial charge in [-0.3, -0.25) is 14.5 Å². The molecule has 2 N–H and O–H groups in total. The molecular formula is C33H30N4O6S2. The maximum absolute atomic E-state index is 13.6. The molecule has 0 radical (unpaired) electrons. The van der Waals surface area contributed by atoms with E-state index in [-0.39, 0.29) is 24.5 Å². The minimum Gasteiger partial charge on any atom is -0.465 e. The monoisotopic (exact) mass is 642 g/mol. The minimum atomic E-state index is -0.833. The number of carbonyl (C=O) groups excluding carboxylic acids is 4. The summed E-state index contributed by atoms with van der Waals surface area (Å²) in [4.78, 5) is 57.4. The topological polar surface area (TPSA) is 127 Å². The molecule has 1 saturated heterocycles. The van der Waals surface area contributed by atoms with E-state index in [1.54, 1.807) is 36.4 Å². The highest BCUT2D eigenvalue weighted by Crippen LogP contribution is 2.42. The summed E-state index contributed by atoms with van der Waals surface area (Å²) in [5.41, 5.74) is 4.00. The quantitative estimate of drug-likeness (QED) is 0.217. The third kappa shape index (κ3) is 7.18. The number of rotatable bonds is 9. The average Bonchev–Trinajstić information content (AvgIpc) is 3.57. The number of esters is 1. The molecule has 4 aromatic rings. The van der Waals surface area contributed by atoms with E-state index in [2.05, 4.69) is 15.6 Å². The first-order valence-electron chi connectivity index (χ1n) is 14.4. The zero-order chi connectivity index (χ0) is 31.3. The van der Waals surface area contributed by atoms with Crippen molar-refractivity contribution in [2.75, 3.05) is 18.2 Å². The zero-order valence-corrected chi connectivity index (χ0v) is 25.9. The Morgan fingerprint density at radius 1 is 0.933 bits per heavy atom. The SMILES string of the molecule is COC(=O)c1ccc(C2SC[C@@H](C(=O)Nc3nc(-c4ccc(C(=O)NC5CC5)cc4)cs3)N2C(=O)OCc2ccccc2)cc1. The number of methoxy groups -OCH3 is 1. The Kier molecular flexibility index (Phi) is 9.13. The van der Waals surface area contributed by atoms with Gasteiger partial charge >= 0.3 is 12.1 Å². The third-order valence-electron chi connectivity index (χ3n) is 7.43. The van der Waals surface area contributed by atoms with Crippen LogP contribution >= 0.6 is 23.1 Å². The predicted molar refractivity (Wildman–Crippen MR) is 172 cm³/mol. The fourth-order valence-electron chi connectivity index (χ4n) is 4.82. The maximum Gasteiger partial charge on any atom is 0.412 e. The first-order chi connectivity index (χ1) is 21.9. The maximum atomic E-state index is 13.6. The van der Waals surface area contributed by atoms with Crippen LogP contribution in [0.5, 0.6) is 0 Å². The molecule has 2 aliphatic rings. The summed E-state index contributed by atoms with van der Waals surface area (Å²) < 4.78 is 10.5. The van der Waals surface area contributed by atoms with E-state index in [0.717, 1.165) is 29.5 Å². The van der Waals surface area contributed by atoms with Gasteiger partial charge in [0.2, 0.25) is 5.91 Å². The van der Waals surface area contributed by atoms with Crippen molar-refractivity contribution in [3.63, 3.8) is 0 Å². The van der Waals surface area contributed by atoms with Crippen LogP contribution < -0.4 is 10.6 Å². The Bertz CT molecular complexity index is 1690. The van der Waals surface area contributed by atoms with Crippen molar-refractivity contribution in [1.29, 1.82) is 0 Å². The van der Waals surface area contributed by atoms with Gasteiger partial charge in [-0.1, -0.05) is 54.6 Å². The van der Waals surface area contributed by atoms with Gasteiger partial charge < -0.3 is 20.1 Å². The summed E-state index contributed by atoms with van der Waals surface area (Å²) in [5.74, 6) is -0.608. The Morgan fingerprint density at radius 2 is 1.64 bits per heavy atom. The van der Waals surface area contributed by atoms with Crippen molar-refractivity contribution >= 4 is 52.1 Å². The molecular weight excluding hydrogens is 613 g/mol. The Morgan fingerprint density at radius 3 is 2.33 bits per heavy atom. The molecule has 3 amide bonds. The van der Waals surface area contributed by atoms with Gasteiger partial charge in [-0.15, -0.1) is 23.1 Å². The summed E-state index contributed by atoms with van der Waals surface area (Å²) >= 11 is 2.70. The zero-order valence-electron chi connectivity index (χ0n) is 24.3. The second-order valence-corrected chi connectivity index (χ2v) is 12.6. The third-order valence-corrected chi connectivity index (χ3v) is 9.51. The lowest BCUT2D eigenvalue weighted by molar-refractivity contribution is -0.120. The molecule has 1 aliphatic carbocycles. The van der Waals surface area contributed by atoms with Crippen molar-refractivity contribution in [2.45, 2.75) is 36.9 Å². The molecule has 3 aromatic carbocycles. The van der Waals surface area contributed by atoms with Crippen molar-refractivity contribution in [3.8, 4) is 11.3 Å². The first-order valence-corrected chi connectivity index (χ1v) is 16.3. The van der Waals surface area contributed by atoms with Crippen molar-refractivity contribution in [1.82, 2.24) is 15.2 Å². The highest BCUT2D eigenvalue weighted by molar-refractivity contribution is 7.99. The summed E-state index contributed by atoms with van der Waals surface area (Å²) in [6.45, 7) is 0.0556. The van der Waals surface area contributed by atoms with Crippen LogP contribution in [-0.2, 0) is 20.9 Å². The summed E-state index contributed by atoms with van der Waals surface area (Å²) in [6.07, 6.45) is 1.42. The van der Waals surface area contributed by atoms with E-state index < -0.39 is 23.5 Å². The lowest BCUT2D eigenvalue weighted by Crippen LogP contribution is -2.45. The van der Waals surface area contributed by atoms with Gasteiger partial charge in [0.15, 0.2) is 5.13 Å².